The van der Waals surface area contributed by atoms with Crippen LogP contribution in [0.5, 0.6) is 5.75 Å². The lowest BCUT2D eigenvalue weighted by atomic mass is 10.1. The van der Waals surface area contributed by atoms with Gasteiger partial charge in [-0.3, -0.25) is 4.68 Å². The first-order valence-corrected chi connectivity index (χ1v) is 6.96. The van der Waals surface area contributed by atoms with Crippen LogP contribution in [0, 0.1) is 0 Å². The predicted octanol–water partition coefficient (Wildman–Crippen LogP) is 3.78. The number of para-hydroxylation sites is 1. The van der Waals surface area contributed by atoms with Gasteiger partial charge in [-0.25, -0.2) is 0 Å². The summed E-state index contributed by atoms with van der Waals surface area (Å²) in [7, 11) is 1.90. The fourth-order valence-electron chi connectivity index (χ4n) is 2.06. The Bertz CT molecular complexity index is 563. The molecule has 4 heteroatoms. The van der Waals surface area contributed by atoms with Gasteiger partial charge in [0.05, 0.1) is 16.4 Å². The lowest BCUT2D eigenvalue weighted by Crippen LogP contribution is -2.04. The van der Waals surface area contributed by atoms with Gasteiger partial charge in [-0.15, -0.1) is 0 Å². The molecule has 1 aromatic heterocycles. The van der Waals surface area contributed by atoms with Gasteiger partial charge in [0, 0.05) is 7.05 Å². The van der Waals surface area contributed by atoms with Gasteiger partial charge in [-0.2, -0.15) is 5.10 Å². The summed E-state index contributed by atoms with van der Waals surface area (Å²) in [4.78, 5) is 0. The summed E-state index contributed by atoms with van der Waals surface area (Å²) >= 11 is 6.31. The quantitative estimate of drug-likeness (QED) is 0.832. The average molecular weight is 279 g/mol. The molecule has 3 nitrogen and oxygen atoms in total. The molecule has 0 bridgehead atoms. The normalized spacial score (nSPS) is 10.7. The summed E-state index contributed by atoms with van der Waals surface area (Å²) < 4.78 is 7.69. The molecule has 0 saturated carbocycles. The molecule has 0 aliphatic rings. The first-order valence-electron chi connectivity index (χ1n) is 6.58. The van der Waals surface area contributed by atoms with Crippen molar-refractivity contribution in [3.8, 4) is 5.75 Å². The SMILES string of the molecule is CCc1ccccc1OCc1c(Cl)c(CC)nn1C. The van der Waals surface area contributed by atoms with E-state index in [1.54, 1.807) is 4.68 Å². The van der Waals surface area contributed by atoms with Gasteiger partial charge in [0.2, 0.25) is 0 Å². The van der Waals surface area contributed by atoms with Crippen molar-refractivity contribution in [1.82, 2.24) is 9.78 Å². The Morgan fingerprint density at radius 2 is 1.95 bits per heavy atom. The van der Waals surface area contributed by atoms with E-state index in [4.69, 9.17) is 16.3 Å². The molecule has 1 heterocycles. The van der Waals surface area contributed by atoms with Gasteiger partial charge >= 0.3 is 0 Å². The zero-order valence-electron chi connectivity index (χ0n) is 11.6. The molecule has 102 valence electrons. The fraction of sp³-hybridized carbons (Fsp3) is 0.400. The number of aromatic nitrogens is 2. The van der Waals surface area contributed by atoms with E-state index in [2.05, 4.69) is 18.1 Å². The molecular formula is C15H19ClN2O. The van der Waals surface area contributed by atoms with Crippen molar-refractivity contribution in [2.45, 2.75) is 33.3 Å². The highest BCUT2D eigenvalue weighted by molar-refractivity contribution is 6.31. The van der Waals surface area contributed by atoms with E-state index >= 15 is 0 Å². The second-order valence-corrected chi connectivity index (χ2v) is 4.81. The summed E-state index contributed by atoms with van der Waals surface area (Å²) in [6, 6.07) is 8.08. The van der Waals surface area contributed by atoms with Crippen molar-refractivity contribution < 1.29 is 4.74 Å². The highest BCUT2D eigenvalue weighted by Crippen LogP contribution is 2.24. The number of hydrogen-bond donors (Lipinski definition) is 0. The number of aryl methyl sites for hydroxylation is 3. The topological polar surface area (TPSA) is 27.1 Å². The minimum atomic E-state index is 0.444. The Morgan fingerprint density at radius 3 is 2.58 bits per heavy atom. The Balaban J connectivity index is 2.17. The van der Waals surface area contributed by atoms with Crippen molar-refractivity contribution >= 4 is 11.6 Å². The second kappa shape index (κ2) is 6.11. The summed E-state index contributed by atoms with van der Waals surface area (Å²) in [6.07, 6.45) is 1.79. The van der Waals surface area contributed by atoms with Gasteiger partial charge in [-0.05, 0) is 24.5 Å². The van der Waals surface area contributed by atoms with Crippen molar-refractivity contribution in [3.63, 3.8) is 0 Å². The van der Waals surface area contributed by atoms with Crippen LogP contribution >= 0.6 is 11.6 Å². The minimum absolute atomic E-state index is 0.444. The van der Waals surface area contributed by atoms with Crippen molar-refractivity contribution in [2.75, 3.05) is 0 Å². The average Bonchev–Trinajstić information content (AvgIpc) is 2.71. The molecule has 0 aliphatic heterocycles. The molecule has 0 saturated heterocycles. The third kappa shape index (κ3) is 2.92. The molecular weight excluding hydrogens is 260 g/mol. The number of benzene rings is 1. The van der Waals surface area contributed by atoms with Gasteiger partial charge in [-0.1, -0.05) is 43.6 Å². The zero-order valence-corrected chi connectivity index (χ0v) is 12.4. The summed E-state index contributed by atoms with van der Waals surface area (Å²) in [5, 5.41) is 5.11. The van der Waals surface area contributed by atoms with E-state index in [0.29, 0.717) is 6.61 Å². The van der Waals surface area contributed by atoms with Crippen LogP contribution in [0.15, 0.2) is 24.3 Å². The first kappa shape index (κ1) is 13.9. The molecule has 0 aliphatic carbocycles. The first-order chi connectivity index (χ1) is 9.17. The third-order valence-corrected chi connectivity index (χ3v) is 3.66. The molecule has 0 spiro atoms. The Kier molecular flexibility index (Phi) is 4.48. The van der Waals surface area contributed by atoms with Gasteiger partial charge in [0.1, 0.15) is 12.4 Å². The zero-order chi connectivity index (χ0) is 13.8. The third-order valence-electron chi connectivity index (χ3n) is 3.22. The van der Waals surface area contributed by atoms with Crippen molar-refractivity contribution in [3.05, 3.63) is 46.2 Å². The van der Waals surface area contributed by atoms with Crippen LogP contribution in [-0.4, -0.2) is 9.78 Å². The van der Waals surface area contributed by atoms with Crippen LogP contribution in [0.4, 0.5) is 0 Å². The van der Waals surface area contributed by atoms with Crippen LogP contribution in [0.1, 0.15) is 30.8 Å². The fourth-order valence-corrected chi connectivity index (χ4v) is 2.41. The summed E-state index contributed by atoms with van der Waals surface area (Å²) in [5.74, 6) is 0.917. The maximum atomic E-state index is 6.31. The summed E-state index contributed by atoms with van der Waals surface area (Å²) in [5.41, 5.74) is 3.05. The number of ether oxygens (including phenoxy) is 1. The highest BCUT2D eigenvalue weighted by atomic mass is 35.5. The molecule has 0 fully saturated rings. The van der Waals surface area contributed by atoms with Gasteiger partial charge in [0.25, 0.3) is 0 Å². The lowest BCUT2D eigenvalue weighted by Gasteiger charge is -2.10. The van der Waals surface area contributed by atoms with E-state index in [1.165, 1.54) is 5.56 Å². The van der Waals surface area contributed by atoms with Gasteiger partial charge < -0.3 is 4.74 Å². The molecule has 0 atom stereocenters. The Labute approximate surface area is 119 Å². The molecule has 19 heavy (non-hydrogen) atoms. The maximum absolute atomic E-state index is 6.31. The molecule has 1 aromatic carbocycles. The largest absolute Gasteiger partial charge is 0.487 e. The minimum Gasteiger partial charge on any atom is -0.487 e. The molecule has 2 aromatic rings. The maximum Gasteiger partial charge on any atom is 0.131 e. The molecule has 0 amide bonds. The predicted molar refractivity (Wildman–Crippen MR) is 77.7 cm³/mol. The molecule has 0 N–H and O–H groups in total. The second-order valence-electron chi connectivity index (χ2n) is 4.43. The van der Waals surface area contributed by atoms with E-state index in [-0.39, 0.29) is 0 Å². The van der Waals surface area contributed by atoms with Crippen LogP contribution in [0.2, 0.25) is 5.02 Å². The van der Waals surface area contributed by atoms with E-state index < -0.39 is 0 Å². The smallest absolute Gasteiger partial charge is 0.131 e. The molecule has 0 radical (unpaired) electrons. The van der Waals surface area contributed by atoms with E-state index in [0.717, 1.165) is 35.0 Å². The van der Waals surface area contributed by atoms with E-state index in [1.807, 2.05) is 32.2 Å². The standard InChI is InChI=1S/C15H19ClN2O/c1-4-11-8-6-7-9-14(11)19-10-13-15(16)12(5-2)17-18(13)3/h6-9H,4-5,10H2,1-3H3. The van der Waals surface area contributed by atoms with Gasteiger partial charge in [0.15, 0.2) is 0 Å². The van der Waals surface area contributed by atoms with Crippen LogP contribution in [-0.2, 0) is 26.5 Å². The van der Waals surface area contributed by atoms with Crippen molar-refractivity contribution in [1.29, 1.82) is 0 Å². The number of rotatable bonds is 5. The van der Waals surface area contributed by atoms with Crippen LogP contribution < -0.4 is 4.74 Å². The lowest BCUT2D eigenvalue weighted by molar-refractivity contribution is 0.292. The molecule has 2 rings (SSSR count). The monoisotopic (exact) mass is 278 g/mol. The number of halogens is 1. The number of hydrogen-bond acceptors (Lipinski definition) is 2. The Hall–Kier alpha value is -1.48. The van der Waals surface area contributed by atoms with Crippen LogP contribution in [0.3, 0.4) is 0 Å². The molecule has 0 unspecified atom stereocenters. The number of nitrogens with zero attached hydrogens (tertiary/aromatic N) is 2. The van der Waals surface area contributed by atoms with Crippen molar-refractivity contribution in [2.24, 2.45) is 7.05 Å². The summed E-state index contributed by atoms with van der Waals surface area (Å²) in [6.45, 7) is 4.61. The van der Waals surface area contributed by atoms with Crippen LogP contribution in [0.25, 0.3) is 0 Å². The Morgan fingerprint density at radius 1 is 1.21 bits per heavy atom. The highest BCUT2D eigenvalue weighted by Gasteiger charge is 2.13. The van der Waals surface area contributed by atoms with E-state index in [9.17, 15) is 0 Å².